The van der Waals surface area contributed by atoms with E-state index >= 15 is 0 Å². The number of hydrogen-bond donors (Lipinski definition) is 1. The van der Waals surface area contributed by atoms with Gasteiger partial charge < -0.3 is 10.1 Å². The van der Waals surface area contributed by atoms with E-state index in [0.29, 0.717) is 16.2 Å². The molecule has 0 radical (unpaired) electrons. The first-order chi connectivity index (χ1) is 9.46. The Hall–Kier alpha value is -0.550. The molecular weight excluding hydrogens is 386 g/mol. The van der Waals surface area contributed by atoms with E-state index in [0.717, 1.165) is 12.2 Å². The molecule has 0 aliphatic carbocycles. The van der Waals surface area contributed by atoms with E-state index in [1.807, 2.05) is 26.0 Å². The van der Waals surface area contributed by atoms with Crippen molar-refractivity contribution < 1.29 is 9.53 Å². The van der Waals surface area contributed by atoms with Crippen LogP contribution in [0, 0.1) is 0 Å². The monoisotopic (exact) mass is 405 g/mol. The van der Waals surface area contributed by atoms with Crippen molar-refractivity contribution in [3.8, 4) is 5.75 Å². The summed E-state index contributed by atoms with van der Waals surface area (Å²) in [4.78, 5) is 12.3. The third-order valence-electron chi connectivity index (χ3n) is 3.06. The molecule has 0 spiro atoms. The SMILES string of the molecule is CCC(CBr)(CBr)NC(=O)c1ccc(OC(C)C)cc1. The molecule has 0 fully saturated rings. The van der Waals surface area contributed by atoms with Crippen LogP contribution in [0.15, 0.2) is 24.3 Å². The lowest BCUT2D eigenvalue weighted by Crippen LogP contribution is -2.51. The second kappa shape index (κ2) is 8.03. The molecule has 1 aromatic carbocycles. The molecule has 5 heteroatoms. The molecular formula is C15H21Br2NO2. The minimum Gasteiger partial charge on any atom is -0.491 e. The summed E-state index contributed by atoms with van der Waals surface area (Å²) in [5.74, 6) is 0.709. The van der Waals surface area contributed by atoms with E-state index in [1.165, 1.54) is 0 Å². The summed E-state index contributed by atoms with van der Waals surface area (Å²) in [7, 11) is 0. The van der Waals surface area contributed by atoms with Gasteiger partial charge in [0, 0.05) is 16.2 Å². The zero-order valence-electron chi connectivity index (χ0n) is 12.1. The number of hydrogen-bond acceptors (Lipinski definition) is 2. The van der Waals surface area contributed by atoms with E-state index < -0.39 is 0 Å². The zero-order valence-corrected chi connectivity index (χ0v) is 15.3. The van der Waals surface area contributed by atoms with Crippen molar-refractivity contribution in [2.45, 2.75) is 38.8 Å². The molecule has 0 saturated carbocycles. The van der Waals surface area contributed by atoms with Gasteiger partial charge in [-0.25, -0.2) is 0 Å². The van der Waals surface area contributed by atoms with Crippen molar-refractivity contribution in [2.24, 2.45) is 0 Å². The number of halogens is 2. The van der Waals surface area contributed by atoms with Gasteiger partial charge in [0.25, 0.3) is 5.91 Å². The summed E-state index contributed by atoms with van der Waals surface area (Å²) < 4.78 is 5.57. The molecule has 20 heavy (non-hydrogen) atoms. The molecule has 0 aliphatic heterocycles. The third-order valence-corrected chi connectivity index (χ3v) is 5.20. The lowest BCUT2D eigenvalue weighted by Gasteiger charge is -2.30. The molecule has 0 aliphatic rings. The topological polar surface area (TPSA) is 38.3 Å². The van der Waals surface area contributed by atoms with Crippen molar-refractivity contribution in [2.75, 3.05) is 10.7 Å². The minimum absolute atomic E-state index is 0.0677. The van der Waals surface area contributed by atoms with E-state index in [2.05, 4.69) is 44.1 Å². The van der Waals surface area contributed by atoms with Crippen molar-refractivity contribution in [3.63, 3.8) is 0 Å². The Labute approximate surface area is 137 Å². The van der Waals surface area contributed by atoms with Gasteiger partial charge in [-0.3, -0.25) is 4.79 Å². The number of carbonyl (C=O) groups excluding carboxylic acids is 1. The van der Waals surface area contributed by atoms with Crippen molar-refractivity contribution in [1.29, 1.82) is 0 Å². The predicted octanol–water partition coefficient (Wildman–Crippen LogP) is 4.14. The Morgan fingerprint density at radius 2 is 1.80 bits per heavy atom. The number of rotatable bonds is 7. The van der Waals surface area contributed by atoms with Crippen molar-refractivity contribution >= 4 is 37.8 Å². The van der Waals surface area contributed by atoms with E-state index in [4.69, 9.17) is 4.74 Å². The van der Waals surface area contributed by atoms with Crippen LogP contribution in [0.5, 0.6) is 5.75 Å². The Morgan fingerprint density at radius 1 is 1.25 bits per heavy atom. The summed E-state index contributed by atoms with van der Waals surface area (Å²) in [5, 5.41) is 4.50. The number of amides is 1. The quantitative estimate of drug-likeness (QED) is 0.691. The summed E-state index contributed by atoms with van der Waals surface area (Å²) in [6, 6.07) is 7.22. The van der Waals surface area contributed by atoms with Crippen molar-refractivity contribution in [1.82, 2.24) is 5.32 Å². The second-order valence-electron chi connectivity index (χ2n) is 5.05. The van der Waals surface area contributed by atoms with Gasteiger partial charge in [0.15, 0.2) is 0 Å². The van der Waals surface area contributed by atoms with Gasteiger partial charge >= 0.3 is 0 Å². The lowest BCUT2D eigenvalue weighted by molar-refractivity contribution is 0.0915. The maximum absolute atomic E-state index is 12.3. The molecule has 1 N–H and O–H groups in total. The van der Waals surface area contributed by atoms with E-state index in [9.17, 15) is 4.79 Å². The van der Waals surface area contributed by atoms with Crippen LogP contribution in [0.4, 0.5) is 0 Å². The van der Waals surface area contributed by atoms with Gasteiger partial charge in [-0.2, -0.15) is 0 Å². The summed E-state index contributed by atoms with van der Waals surface area (Å²) in [6.07, 6.45) is 0.980. The molecule has 0 heterocycles. The van der Waals surface area contributed by atoms with Gasteiger partial charge in [-0.05, 0) is 44.5 Å². The fourth-order valence-electron chi connectivity index (χ4n) is 1.65. The molecule has 1 rings (SSSR count). The maximum atomic E-state index is 12.3. The third kappa shape index (κ3) is 4.77. The molecule has 112 valence electrons. The van der Waals surface area contributed by atoms with Gasteiger partial charge in [0.2, 0.25) is 0 Å². The maximum Gasteiger partial charge on any atom is 0.251 e. The number of carbonyl (C=O) groups is 1. The fraction of sp³-hybridized carbons (Fsp3) is 0.533. The first-order valence-electron chi connectivity index (χ1n) is 6.67. The van der Waals surface area contributed by atoms with Crippen LogP contribution in [0.1, 0.15) is 37.6 Å². The molecule has 0 unspecified atom stereocenters. The van der Waals surface area contributed by atoms with Crippen LogP contribution < -0.4 is 10.1 Å². The van der Waals surface area contributed by atoms with Crippen LogP contribution in [0.2, 0.25) is 0 Å². The van der Waals surface area contributed by atoms with Crippen LogP contribution in [-0.2, 0) is 0 Å². The minimum atomic E-state index is -0.260. The van der Waals surface area contributed by atoms with Gasteiger partial charge in [-0.1, -0.05) is 38.8 Å². The fourth-order valence-corrected chi connectivity index (χ4v) is 3.65. The van der Waals surface area contributed by atoms with Crippen LogP contribution in [0.3, 0.4) is 0 Å². The summed E-state index contributed by atoms with van der Waals surface area (Å²) in [5.41, 5.74) is 0.380. The average Bonchev–Trinajstić information content (AvgIpc) is 2.45. The molecule has 0 bridgehead atoms. The first-order valence-corrected chi connectivity index (χ1v) is 8.92. The van der Waals surface area contributed by atoms with E-state index in [-0.39, 0.29) is 17.6 Å². The number of benzene rings is 1. The van der Waals surface area contributed by atoms with Gasteiger partial charge in [-0.15, -0.1) is 0 Å². The lowest BCUT2D eigenvalue weighted by atomic mass is 10.0. The Kier molecular flexibility index (Phi) is 7.03. The Balaban J connectivity index is 2.77. The summed E-state index contributed by atoms with van der Waals surface area (Å²) in [6.45, 7) is 6.01. The normalized spacial score (nSPS) is 11.5. The highest BCUT2D eigenvalue weighted by atomic mass is 79.9. The highest BCUT2D eigenvalue weighted by Crippen LogP contribution is 2.19. The predicted molar refractivity (Wildman–Crippen MR) is 90.3 cm³/mol. The number of ether oxygens (including phenoxy) is 1. The van der Waals surface area contributed by atoms with E-state index in [1.54, 1.807) is 12.1 Å². The molecule has 3 nitrogen and oxygen atoms in total. The van der Waals surface area contributed by atoms with Gasteiger partial charge in [0.05, 0.1) is 11.6 Å². The molecule has 1 amide bonds. The largest absolute Gasteiger partial charge is 0.491 e. The molecule has 0 aromatic heterocycles. The molecule has 0 saturated heterocycles. The first kappa shape index (κ1) is 17.5. The van der Waals surface area contributed by atoms with Crippen LogP contribution in [0.25, 0.3) is 0 Å². The average molecular weight is 407 g/mol. The second-order valence-corrected chi connectivity index (χ2v) is 6.17. The van der Waals surface area contributed by atoms with Crippen LogP contribution in [-0.4, -0.2) is 28.2 Å². The Morgan fingerprint density at radius 3 is 2.20 bits per heavy atom. The highest BCUT2D eigenvalue weighted by molar-refractivity contribution is 9.09. The smallest absolute Gasteiger partial charge is 0.251 e. The highest BCUT2D eigenvalue weighted by Gasteiger charge is 2.28. The molecule has 0 atom stereocenters. The summed E-state index contributed by atoms with van der Waals surface area (Å²) >= 11 is 6.94. The van der Waals surface area contributed by atoms with Crippen LogP contribution >= 0.6 is 31.9 Å². The molecule has 1 aromatic rings. The number of alkyl halides is 2. The number of nitrogens with one attached hydrogen (secondary N) is 1. The zero-order chi connectivity index (χ0) is 15.2. The Bertz CT molecular complexity index is 420. The van der Waals surface area contributed by atoms with Gasteiger partial charge in [0.1, 0.15) is 5.75 Å². The standard InChI is InChI=1S/C15H21Br2NO2/c1-4-15(9-16,10-17)18-14(19)12-5-7-13(8-6-12)20-11(2)3/h5-8,11H,4,9-10H2,1-3H3,(H,18,19). The van der Waals surface area contributed by atoms with Crippen molar-refractivity contribution in [3.05, 3.63) is 29.8 Å².